The topological polar surface area (TPSA) is 55.1 Å². The Kier molecular flexibility index (Phi) is 5.22. The lowest BCUT2D eigenvalue weighted by molar-refractivity contribution is -0.117. The van der Waals surface area contributed by atoms with E-state index in [-0.39, 0.29) is 5.91 Å². The molecule has 1 saturated carbocycles. The van der Waals surface area contributed by atoms with Crippen LogP contribution in [0.1, 0.15) is 44.6 Å². The van der Waals surface area contributed by atoms with Crippen molar-refractivity contribution in [2.75, 3.05) is 5.73 Å². The Labute approximate surface area is 121 Å². The second-order valence-corrected chi connectivity index (χ2v) is 5.64. The summed E-state index contributed by atoms with van der Waals surface area (Å²) in [5.74, 6) is 0.846. The van der Waals surface area contributed by atoms with Gasteiger partial charge in [-0.15, -0.1) is 0 Å². The van der Waals surface area contributed by atoms with Crippen LogP contribution in [0.25, 0.3) is 6.08 Å². The SMILES string of the molecule is CCC1CCC(NC(=O)/C=C/c2cccc(N)c2)CC1. The third-order valence-electron chi connectivity index (χ3n) is 4.11. The average molecular weight is 272 g/mol. The molecule has 1 aromatic rings. The summed E-state index contributed by atoms with van der Waals surface area (Å²) in [7, 11) is 0. The largest absolute Gasteiger partial charge is 0.399 e. The quantitative estimate of drug-likeness (QED) is 0.652. The first kappa shape index (κ1) is 14.6. The third-order valence-corrected chi connectivity index (χ3v) is 4.11. The van der Waals surface area contributed by atoms with E-state index in [1.807, 2.05) is 30.3 Å². The van der Waals surface area contributed by atoms with Gasteiger partial charge in [-0.1, -0.05) is 25.5 Å². The molecule has 0 aliphatic heterocycles. The summed E-state index contributed by atoms with van der Waals surface area (Å²) in [6, 6.07) is 7.86. The minimum atomic E-state index is -0.00706. The van der Waals surface area contributed by atoms with Crippen LogP contribution in [0.2, 0.25) is 0 Å². The second kappa shape index (κ2) is 7.13. The molecule has 1 aromatic carbocycles. The van der Waals surface area contributed by atoms with Crippen LogP contribution in [0.4, 0.5) is 5.69 Å². The number of carbonyl (C=O) groups excluding carboxylic acids is 1. The Bertz CT molecular complexity index is 474. The number of nitrogens with two attached hydrogens (primary N) is 1. The molecule has 0 bridgehead atoms. The fourth-order valence-corrected chi connectivity index (χ4v) is 2.80. The van der Waals surface area contributed by atoms with Crippen LogP contribution in [-0.4, -0.2) is 11.9 Å². The van der Waals surface area contributed by atoms with Gasteiger partial charge in [-0.25, -0.2) is 0 Å². The molecular weight excluding hydrogens is 248 g/mol. The predicted octanol–water partition coefficient (Wildman–Crippen LogP) is 3.37. The summed E-state index contributed by atoms with van der Waals surface area (Å²) in [5.41, 5.74) is 7.37. The molecule has 0 aromatic heterocycles. The van der Waals surface area contributed by atoms with Crippen LogP contribution in [0, 0.1) is 5.92 Å². The minimum absolute atomic E-state index is 0.00706. The van der Waals surface area contributed by atoms with E-state index in [4.69, 9.17) is 5.73 Å². The number of hydrogen-bond donors (Lipinski definition) is 2. The Hall–Kier alpha value is -1.77. The zero-order valence-corrected chi connectivity index (χ0v) is 12.1. The Morgan fingerprint density at radius 2 is 2.10 bits per heavy atom. The van der Waals surface area contributed by atoms with Gasteiger partial charge < -0.3 is 11.1 Å². The van der Waals surface area contributed by atoms with Crippen molar-refractivity contribution >= 4 is 17.7 Å². The number of nitrogen functional groups attached to an aromatic ring is 1. The molecule has 1 aliphatic rings. The Morgan fingerprint density at radius 1 is 1.35 bits per heavy atom. The van der Waals surface area contributed by atoms with Gasteiger partial charge in [-0.3, -0.25) is 4.79 Å². The molecular formula is C17H24N2O. The molecule has 3 nitrogen and oxygen atoms in total. The normalized spacial score (nSPS) is 22.9. The van der Waals surface area contributed by atoms with Crippen LogP contribution < -0.4 is 11.1 Å². The average Bonchev–Trinajstić information content (AvgIpc) is 2.46. The van der Waals surface area contributed by atoms with Crippen molar-refractivity contribution in [2.24, 2.45) is 5.92 Å². The molecule has 0 saturated heterocycles. The van der Waals surface area contributed by atoms with Gasteiger partial charge >= 0.3 is 0 Å². The molecule has 1 aliphatic carbocycles. The van der Waals surface area contributed by atoms with Gasteiger partial charge in [-0.2, -0.15) is 0 Å². The van der Waals surface area contributed by atoms with Crippen molar-refractivity contribution in [2.45, 2.75) is 45.1 Å². The Balaban J connectivity index is 1.81. The highest BCUT2D eigenvalue weighted by Gasteiger charge is 2.20. The van der Waals surface area contributed by atoms with Crippen molar-refractivity contribution < 1.29 is 4.79 Å². The lowest BCUT2D eigenvalue weighted by Gasteiger charge is -2.28. The summed E-state index contributed by atoms with van der Waals surface area (Å²) >= 11 is 0. The molecule has 20 heavy (non-hydrogen) atoms. The van der Waals surface area contributed by atoms with E-state index in [0.29, 0.717) is 11.7 Å². The lowest BCUT2D eigenvalue weighted by Crippen LogP contribution is -2.36. The van der Waals surface area contributed by atoms with Gasteiger partial charge in [0.05, 0.1) is 0 Å². The summed E-state index contributed by atoms with van der Waals surface area (Å²) in [4.78, 5) is 11.9. The van der Waals surface area contributed by atoms with Crippen LogP contribution in [0.3, 0.4) is 0 Å². The first-order valence-corrected chi connectivity index (χ1v) is 7.51. The van der Waals surface area contributed by atoms with Gasteiger partial charge in [0.25, 0.3) is 0 Å². The smallest absolute Gasteiger partial charge is 0.244 e. The van der Waals surface area contributed by atoms with Gasteiger partial charge in [0.2, 0.25) is 5.91 Å². The van der Waals surface area contributed by atoms with Crippen molar-refractivity contribution in [1.82, 2.24) is 5.32 Å². The molecule has 0 radical (unpaired) electrons. The number of rotatable bonds is 4. The van der Waals surface area contributed by atoms with E-state index in [1.54, 1.807) is 6.08 Å². The maximum atomic E-state index is 11.9. The molecule has 0 heterocycles. The zero-order chi connectivity index (χ0) is 14.4. The van der Waals surface area contributed by atoms with E-state index < -0.39 is 0 Å². The molecule has 108 valence electrons. The van der Waals surface area contributed by atoms with E-state index in [2.05, 4.69) is 12.2 Å². The zero-order valence-electron chi connectivity index (χ0n) is 12.1. The molecule has 2 rings (SSSR count). The fourth-order valence-electron chi connectivity index (χ4n) is 2.80. The molecule has 0 atom stereocenters. The van der Waals surface area contributed by atoms with Gasteiger partial charge in [0, 0.05) is 17.8 Å². The first-order valence-electron chi connectivity index (χ1n) is 7.51. The lowest BCUT2D eigenvalue weighted by atomic mass is 9.84. The maximum Gasteiger partial charge on any atom is 0.244 e. The van der Waals surface area contributed by atoms with Crippen molar-refractivity contribution in [1.29, 1.82) is 0 Å². The van der Waals surface area contributed by atoms with Gasteiger partial charge in [0.1, 0.15) is 0 Å². The standard InChI is InChI=1S/C17H24N2O/c1-2-13-6-9-16(10-7-13)19-17(20)11-8-14-4-3-5-15(18)12-14/h3-5,8,11-13,16H,2,6-7,9-10,18H2,1H3,(H,19,20)/b11-8+. The summed E-state index contributed by atoms with van der Waals surface area (Å²) in [5, 5.41) is 3.09. The van der Waals surface area contributed by atoms with Crippen LogP contribution in [-0.2, 0) is 4.79 Å². The van der Waals surface area contributed by atoms with Crippen LogP contribution in [0.15, 0.2) is 30.3 Å². The number of amides is 1. The first-order chi connectivity index (χ1) is 9.67. The maximum absolute atomic E-state index is 11.9. The molecule has 1 fully saturated rings. The van der Waals surface area contributed by atoms with Crippen LogP contribution >= 0.6 is 0 Å². The summed E-state index contributed by atoms with van der Waals surface area (Å²) in [6.07, 6.45) is 9.35. The monoisotopic (exact) mass is 272 g/mol. The summed E-state index contributed by atoms with van der Waals surface area (Å²) < 4.78 is 0. The number of hydrogen-bond acceptors (Lipinski definition) is 2. The molecule has 1 amide bonds. The minimum Gasteiger partial charge on any atom is -0.399 e. The number of benzene rings is 1. The third kappa shape index (κ3) is 4.41. The number of carbonyl (C=O) groups is 1. The highest BCUT2D eigenvalue weighted by atomic mass is 16.1. The van der Waals surface area contributed by atoms with E-state index in [0.717, 1.165) is 24.3 Å². The highest BCUT2D eigenvalue weighted by molar-refractivity contribution is 5.92. The number of nitrogens with one attached hydrogen (secondary N) is 1. The van der Waals surface area contributed by atoms with E-state index in [9.17, 15) is 4.79 Å². The Morgan fingerprint density at radius 3 is 2.75 bits per heavy atom. The van der Waals surface area contributed by atoms with Crippen molar-refractivity contribution in [3.05, 3.63) is 35.9 Å². The van der Waals surface area contributed by atoms with E-state index in [1.165, 1.54) is 19.3 Å². The molecule has 3 heteroatoms. The molecule has 0 spiro atoms. The fraction of sp³-hybridized carbons (Fsp3) is 0.471. The number of anilines is 1. The van der Waals surface area contributed by atoms with Gasteiger partial charge in [0.15, 0.2) is 0 Å². The van der Waals surface area contributed by atoms with Crippen molar-refractivity contribution in [3.8, 4) is 0 Å². The van der Waals surface area contributed by atoms with Crippen LogP contribution in [0.5, 0.6) is 0 Å². The summed E-state index contributed by atoms with van der Waals surface area (Å²) in [6.45, 7) is 2.25. The predicted molar refractivity (Wildman–Crippen MR) is 84.1 cm³/mol. The highest BCUT2D eigenvalue weighted by Crippen LogP contribution is 2.26. The van der Waals surface area contributed by atoms with Gasteiger partial charge in [-0.05, 0) is 55.4 Å². The molecule has 3 N–H and O–H groups in total. The van der Waals surface area contributed by atoms with Crippen molar-refractivity contribution in [3.63, 3.8) is 0 Å². The second-order valence-electron chi connectivity index (χ2n) is 5.64. The molecule has 0 unspecified atom stereocenters. The van der Waals surface area contributed by atoms with E-state index >= 15 is 0 Å².